The number of carbonyl (C=O) groups is 1. The molecule has 1 fully saturated rings. The van der Waals surface area contributed by atoms with Gasteiger partial charge in [-0.2, -0.15) is 0 Å². The molecule has 4 aromatic rings. The van der Waals surface area contributed by atoms with Gasteiger partial charge in [0.2, 0.25) is 5.91 Å². The minimum atomic E-state index is -0.520. The number of hydrogen-bond donors (Lipinski definition) is 1. The zero-order chi connectivity index (χ0) is 22.6. The molecule has 1 amide bonds. The lowest BCUT2D eigenvalue weighted by Gasteiger charge is -2.21. The van der Waals surface area contributed by atoms with Crippen molar-refractivity contribution in [1.29, 1.82) is 0 Å². The van der Waals surface area contributed by atoms with Gasteiger partial charge in [0.1, 0.15) is 16.2 Å². The molecule has 1 aromatic carbocycles. The van der Waals surface area contributed by atoms with E-state index in [2.05, 4.69) is 9.97 Å². The van der Waals surface area contributed by atoms with Crippen LogP contribution in [0.3, 0.4) is 0 Å². The second-order valence-electron chi connectivity index (χ2n) is 7.64. The predicted molar refractivity (Wildman–Crippen MR) is 127 cm³/mol. The summed E-state index contributed by atoms with van der Waals surface area (Å²) in [6, 6.07) is 13.8. The van der Waals surface area contributed by atoms with Crippen LogP contribution in [0.25, 0.3) is 38.6 Å². The van der Waals surface area contributed by atoms with Gasteiger partial charge in [-0.3, -0.25) is 9.78 Å². The van der Waals surface area contributed by atoms with Crippen molar-refractivity contribution >= 4 is 23.3 Å². The number of thiazole rings is 1. The molecule has 8 nitrogen and oxygen atoms in total. The standard InChI is InChI=1S/C24H22N6O2S/c25-19(31)10-9-18-14-17(11-12-26-18)24-28-21(16-6-2-1-3-7-16)22(33-24)23-27-15-30(29-23)20-8-4-5-13-32-20/h1-3,6-7,9-12,14-15,20H,4-5,8,13H2,(H2,25,31). The Bertz CT molecular complexity index is 1290. The average Bonchev–Trinajstić information content (AvgIpc) is 3.52. The monoisotopic (exact) mass is 458 g/mol. The van der Waals surface area contributed by atoms with E-state index >= 15 is 0 Å². The maximum atomic E-state index is 11.1. The van der Waals surface area contributed by atoms with Crippen LogP contribution in [0.15, 0.2) is 61.1 Å². The molecular weight excluding hydrogens is 436 g/mol. The van der Waals surface area contributed by atoms with E-state index < -0.39 is 5.91 Å². The van der Waals surface area contributed by atoms with Crippen molar-refractivity contribution in [3.8, 4) is 32.5 Å². The summed E-state index contributed by atoms with van der Waals surface area (Å²) in [7, 11) is 0. The number of nitrogens with zero attached hydrogens (tertiary/aromatic N) is 5. The zero-order valence-corrected chi connectivity index (χ0v) is 18.6. The Balaban J connectivity index is 1.55. The van der Waals surface area contributed by atoms with Crippen LogP contribution in [-0.4, -0.2) is 37.2 Å². The van der Waals surface area contributed by atoms with Crippen LogP contribution in [0.4, 0.5) is 0 Å². The molecular formula is C24H22N6O2S. The van der Waals surface area contributed by atoms with Crippen molar-refractivity contribution in [2.75, 3.05) is 6.61 Å². The number of amides is 1. The minimum Gasteiger partial charge on any atom is -0.366 e. The zero-order valence-electron chi connectivity index (χ0n) is 17.8. The molecule has 1 unspecified atom stereocenters. The summed E-state index contributed by atoms with van der Waals surface area (Å²) in [5.74, 6) is 0.100. The van der Waals surface area contributed by atoms with Crippen molar-refractivity contribution < 1.29 is 9.53 Å². The van der Waals surface area contributed by atoms with Crippen molar-refractivity contribution in [3.05, 3.63) is 66.8 Å². The van der Waals surface area contributed by atoms with Gasteiger partial charge in [-0.25, -0.2) is 14.6 Å². The van der Waals surface area contributed by atoms with Crippen LogP contribution in [0.2, 0.25) is 0 Å². The number of primary amides is 1. The quantitative estimate of drug-likeness (QED) is 0.431. The molecule has 1 atom stereocenters. The molecule has 9 heteroatoms. The Hall–Kier alpha value is -3.69. The van der Waals surface area contributed by atoms with Crippen molar-refractivity contribution in [1.82, 2.24) is 24.7 Å². The van der Waals surface area contributed by atoms with Crippen LogP contribution < -0.4 is 5.73 Å². The molecule has 0 saturated carbocycles. The van der Waals surface area contributed by atoms with Gasteiger partial charge < -0.3 is 10.5 Å². The van der Waals surface area contributed by atoms with E-state index in [0.717, 1.165) is 52.6 Å². The highest BCUT2D eigenvalue weighted by atomic mass is 32.1. The molecule has 1 aliphatic rings. The van der Waals surface area contributed by atoms with Gasteiger partial charge in [0, 0.05) is 30.0 Å². The fraction of sp³-hybridized carbons (Fsp3) is 0.208. The molecule has 33 heavy (non-hydrogen) atoms. The third-order valence-electron chi connectivity index (χ3n) is 5.28. The third kappa shape index (κ3) is 4.74. The third-order valence-corrected chi connectivity index (χ3v) is 6.38. The largest absolute Gasteiger partial charge is 0.366 e. The Labute approximate surface area is 194 Å². The predicted octanol–water partition coefficient (Wildman–Crippen LogP) is 4.33. The van der Waals surface area contributed by atoms with E-state index in [9.17, 15) is 4.79 Å². The highest BCUT2D eigenvalue weighted by Crippen LogP contribution is 2.39. The van der Waals surface area contributed by atoms with Gasteiger partial charge >= 0.3 is 0 Å². The number of benzene rings is 1. The van der Waals surface area contributed by atoms with Crippen molar-refractivity contribution in [2.24, 2.45) is 5.73 Å². The Kier molecular flexibility index (Phi) is 6.05. The first-order chi connectivity index (χ1) is 16.2. The van der Waals surface area contributed by atoms with E-state index in [-0.39, 0.29) is 6.23 Å². The molecule has 2 N–H and O–H groups in total. The lowest BCUT2D eigenvalue weighted by molar-refractivity contribution is -0.113. The van der Waals surface area contributed by atoms with Gasteiger partial charge in [0.25, 0.3) is 0 Å². The molecule has 3 aromatic heterocycles. The molecule has 5 rings (SSSR count). The van der Waals surface area contributed by atoms with Crippen LogP contribution >= 0.6 is 11.3 Å². The first-order valence-corrected chi connectivity index (χ1v) is 11.5. The van der Waals surface area contributed by atoms with E-state index in [4.69, 9.17) is 20.6 Å². The summed E-state index contributed by atoms with van der Waals surface area (Å²) in [4.78, 5) is 25.8. The molecule has 1 aliphatic heterocycles. The number of rotatable bonds is 6. The first-order valence-electron chi connectivity index (χ1n) is 10.7. The number of pyridine rings is 1. The lowest BCUT2D eigenvalue weighted by Crippen LogP contribution is -2.18. The molecule has 0 radical (unpaired) electrons. The van der Waals surface area contributed by atoms with Gasteiger partial charge in [-0.1, -0.05) is 30.3 Å². The molecule has 1 saturated heterocycles. The molecule has 166 valence electrons. The van der Waals surface area contributed by atoms with E-state index in [0.29, 0.717) is 11.5 Å². The highest BCUT2D eigenvalue weighted by Gasteiger charge is 2.22. The summed E-state index contributed by atoms with van der Waals surface area (Å²) in [5, 5.41) is 5.55. The summed E-state index contributed by atoms with van der Waals surface area (Å²) in [5.41, 5.74) is 8.53. The van der Waals surface area contributed by atoms with Crippen LogP contribution in [0.5, 0.6) is 0 Å². The molecule has 0 bridgehead atoms. The van der Waals surface area contributed by atoms with Gasteiger partial charge in [0.15, 0.2) is 12.1 Å². The van der Waals surface area contributed by atoms with E-state index in [1.54, 1.807) is 18.6 Å². The fourth-order valence-corrected chi connectivity index (χ4v) is 4.70. The van der Waals surface area contributed by atoms with E-state index in [1.807, 2.05) is 47.1 Å². The summed E-state index contributed by atoms with van der Waals surface area (Å²) in [6.45, 7) is 0.744. The van der Waals surface area contributed by atoms with Crippen LogP contribution in [-0.2, 0) is 9.53 Å². The summed E-state index contributed by atoms with van der Waals surface area (Å²) >= 11 is 1.52. The van der Waals surface area contributed by atoms with Crippen LogP contribution in [0.1, 0.15) is 31.2 Å². The number of hydrogen-bond acceptors (Lipinski definition) is 7. The second-order valence-corrected chi connectivity index (χ2v) is 8.64. The van der Waals surface area contributed by atoms with E-state index in [1.165, 1.54) is 17.4 Å². The lowest BCUT2D eigenvalue weighted by atomic mass is 10.1. The SMILES string of the molecule is NC(=O)C=Cc1cc(-c2nc(-c3ccccc3)c(-c3ncn(C4CCCCO4)n3)s2)ccn1. The summed E-state index contributed by atoms with van der Waals surface area (Å²) in [6.07, 6.45) is 9.36. The first kappa shape index (κ1) is 21.2. The Morgan fingerprint density at radius 1 is 1.15 bits per heavy atom. The number of ether oxygens (including phenoxy) is 1. The Morgan fingerprint density at radius 3 is 2.82 bits per heavy atom. The summed E-state index contributed by atoms with van der Waals surface area (Å²) < 4.78 is 7.66. The number of nitrogens with two attached hydrogens (primary N) is 1. The smallest absolute Gasteiger partial charge is 0.241 e. The maximum absolute atomic E-state index is 11.1. The maximum Gasteiger partial charge on any atom is 0.241 e. The van der Waals surface area contributed by atoms with Gasteiger partial charge in [0.05, 0.1) is 11.4 Å². The highest BCUT2D eigenvalue weighted by molar-refractivity contribution is 7.18. The number of aromatic nitrogens is 5. The van der Waals surface area contributed by atoms with Crippen LogP contribution in [0, 0.1) is 0 Å². The topological polar surface area (TPSA) is 109 Å². The normalized spacial score (nSPS) is 16.3. The molecule has 4 heterocycles. The minimum absolute atomic E-state index is 0.0765. The van der Waals surface area contributed by atoms with Gasteiger partial charge in [-0.05, 0) is 37.5 Å². The molecule has 0 aliphatic carbocycles. The Morgan fingerprint density at radius 2 is 2.03 bits per heavy atom. The molecule has 0 spiro atoms. The fourth-order valence-electron chi connectivity index (χ4n) is 3.68. The van der Waals surface area contributed by atoms with Gasteiger partial charge in [-0.15, -0.1) is 16.4 Å². The average molecular weight is 459 g/mol. The van der Waals surface area contributed by atoms with Crippen molar-refractivity contribution in [3.63, 3.8) is 0 Å². The van der Waals surface area contributed by atoms with Crippen molar-refractivity contribution in [2.45, 2.75) is 25.5 Å². The second kappa shape index (κ2) is 9.43. The number of carbonyl (C=O) groups excluding carboxylic acids is 1.